The number of rotatable bonds is 4. The van der Waals surface area contributed by atoms with Crippen molar-refractivity contribution in [3.05, 3.63) is 46.0 Å². The van der Waals surface area contributed by atoms with Gasteiger partial charge in [-0.05, 0) is 25.0 Å². The Morgan fingerprint density at radius 1 is 1.11 bits per heavy atom. The first kappa shape index (κ1) is 28.2. The van der Waals surface area contributed by atoms with Crippen molar-refractivity contribution in [1.82, 2.24) is 20.1 Å². The zero-order valence-electron chi connectivity index (χ0n) is 19.8. The summed E-state index contributed by atoms with van der Waals surface area (Å²) in [5.74, 6) is 0.594. The minimum absolute atomic E-state index is 0.0344. The summed E-state index contributed by atoms with van der Waals surface area (Å²) in [6.45, 7) is 2.96. The molecule has 1 atom stereocenters. The molecule has 15 heteroatoms. The van der Waals surface area contributed by atoms with Crippen LogP contribution in [0.3, 0.4) is 0 Å². The van der Waals surface area contributed by atoms with Gasteiger partial charge in [-0.25, -0.2) is 10.1 Å². The number of nitrogens with one attached hydrogen (secondary N) is 2. The summed E-state index contributed by atoms with van der Waals surface area (Å²) >= 11 is 0. The van der Waals surface area contributed by atoms with Crippen molar-refractivity contribution in [2.75, 3.05) is 50.1 Å². The van der Waals surface area contributed by atoms with Gasteiger partial charge < -0.3 is 19.9 Å². The Morgan fingerprint density at radius 2 is 1.81 bits per heavy atom. The van der Waals surface area contributed by atoms with Crippen LogP contribution in [0.4, 0.5) is 37.8 Å². The molecule has 2 aliphatic rings. The molecule has 2 aromatic rings. The van der Waals surface area contributed by atoms with E-state index in [1.54, 1.807) is 10.00 Å². The van der Waals surface area contributed by atoms with Gasteiger partial charge in [0.2, 0.25) is 5.91 Å². The molecule has 0 radical (unpaired) electrons. The van der Waals surface area contributed by atoms with E-state index in [0.717, 1.165) is 37.9 Å². The number of hydrogen-bond acceptors (Lipinski definition) is 7. The van der Waals surface area contributed by atoms with Gasteiger partial charge in [0, 0.05) is 46.0 Å². The number of amides is 1. The molecule has 4 rings (SSSR count). The summed E-state index contributed by atoms with van der Waals surface area (Å²) in [4.78, 5) is 30.6. The minimum atomic E-state index is -4.67. The number of H-pyrrole nitrogens is 1. The van der Waals surface area contributed by atoms with Gasteiger partial charge in [0.05, 0.1) is 30.0 Å². The van der Waals surface area contributed by atoms with Crippen LogP contribution in [0.5, 0.6) is 0 Å². The van der Waals surface area contributed by atoms with Gasteiger partial charge >= 0.3 is 12.4 Å². The van der Waals surface area contributed by atoms with E-state index in [9.17, 15) is 35.9 Å². The zero-order chi connectivity index (χ0) is 27.2. The summed E-state index contributed by atoms with van der Waals surface area (Å²) in [7, 11) is 1.28. The van der Waals surface area contributed by atoms with Gasteiger partial charge in [-0.1, -0.05) is 0 Å². The molecule has 0 saturated carbocycles. The first-order valence-corrected chi connectivity index (χ1v) is 11.4. The Labute approximate surface area is 207 Å². The highest BCUT2D eigenvalue weighted by Gasteiger charge is 2.37. The van der Waals surface area contributed by atoms with Crippen LogP contribution in [0.2, 0.25) is 0 Å². The third kappa shape index (κ3) is 7.57. The number of aromatic amines is 1. The molecular weight excluding hydrogens is 510 g/mol. The smallest absolute Gasteiger partial charge is 0.386 e. The van der Waals surface area contributed by atoms with E-state index in [2.05, 4.69) is 15.4 Å². The highest BCUT2D eigenvalue weighted by molar-refractivity contribution is 5.77. The van der Waals surface area contributed by atoms with Crippen molar-refractivity contribution >= 4 is 17.4 Å². The molecule has 9 nitrogen and oxygen atoms in total. The average molecular weight is 536 g/mol. The Bertz CT molecular complexity index is 1090. The van der Waals surface area contributed by atoms with Crippen LogP contribution in [0.15, 0.2) is 29.3 Å². The first-order valence-electron chi connectivity index (χ1n) is 11.4. The number of anilines is 2. The van der Waals surface area contributed by atoms with E-state index in [-0.39, 0.29) is 17.7 Å². The SMILES string of the molecule is CNc1cn[nH]c(=O)c1C(F)(F)F.O=C(C[C@@H]1CCCO1)N1CCN(c2ccc(C(F)(F)F)cn2)CC1. The molecular formula is C22H26F6N6O3. The lowest BCUT2D eigenvalue weighted by Gasteiger charge is -2.35. The van der Waals surface area contributed by atoms with E-state index < -0.39 is 29.0 Å². The van der Waals surface area contributed by atoms with Crippen molar-refractivity contribution in [3.8, 4) is 0 Å². The molecule has 2 aromatic heterocycles. The fourth-order valence-corrected chi connectivity index (χ4v) is 3.92. The van der Waals surface area contributed by atoms with Crippen molar-refractivity contribution in [2.24, 2.45) is 0 Å². The molecule has 204 valence electrons. The molecule has 0 spiro atoms. The van der Waals surface area contributed by atoms with Gasteiger partial charge in [-0.15, -0.1) is 0 Å². The Hall–Kier alpha value is -3.36. The summed E-state index contributed by atoms with van der Waals surface area (Å²) in [6, 6.07) is 2.42. The van der Waals surface area contributed by atoms with E-state index in [0.29, 0.717) is 38.4 Å². The highest BCUT2D eigenvalue weighted by Crippen LogP contribution is 2.31. The lowest BCUT2D eigenvalue weighted by atomic mass is 10.1. The number of alkyl halides is 6. The summed E-state index contributed by atoms with van der Waals surface area (Å²) in [6.07, 6.45) is -4.90. The molecule has 0 aliphatic carbocycles. The van der Waals surface area contributed by atoms with Crippen molar-refractivity contribution in [2.45, 2.75) is 37.7 Å². The number of carbonyl (C=O) groups excluding carboxylic acids is 1. The maximum Gasteiger partial charge on any atom is 0.423 e. The van der Waals surface area contributed by atoms with Crippen molar-refractivity contribution in [1.29, 1.82) is 0 Å². The molecule has 1 amide bonds. The van der Waals surface area contributed by atoms with E-state index in [1.807, 2.05) is 4.90 Å². The summed E-state index contributed by atoms with van der Waals surface area (Å²) in [5, 5.41) is 7.19. The summed E-state index contributed by atoms with van der Waals surface area (Å²) < 4.78 is 79.8. The molecule has 2 N–H and O–H groups in total. The number of aromatic nitrogens is 3. The van der Waals surface area contributed by atoms with Crippen molar-refractivity contribution < 1.29 is 35.9 Å². The fourth-order valence-electron chi connectivity index (χ4n) is 3.92. The zero-order valence-corrected chi connectivity index (χ0v) is 19.8. The highest BCUT2D eigenvalue weighted by atomic mass is 19.4. The minimum Gasteiger partial charge on any atom is -0.386 e. The number of hydrogen-bond donors (Lipinski definition) is 2. The lowest BCUT2D eigenvalue weighted by molar-refractivity contribution is -0.138. The fraction of sp³-hybridized carbons (Fsp3) is 0.545. The second-order valence-electron chi connectivity index (χ2n) is 8.35. The van der Waals surface area contributed by atoms with Crippen LogP contribution in [0, 0.1) is 0 Å². The van der Waals surface area contributed by atoms with Gasteiger partial charge in [0.1, 0.15) is 11.4 Å². The normalized spacial score (nSPS) is 18.3. The average Bonchev–Trinajstić information content (AvgIpc) is 3.36. The maximum absolute atomic E-state index is 12.6. The molecule has 0 bridgehead atoms. The van der Waals surface area contributed by atoms with Crippen LogP contribution in [0.25, 0.3) is 0 Å². The lowest BCUT2D eigenvalue weighted by Crippen LogP contribution is -2.49. The number of ether oxygens (including phenoxy) is 1. The largest absolute Gasteiger partial charge is 0.423 e. The quantitative estimate of drug-likeness (QED) is 0.579. The molecule has 2 saturated heterocycles. The van der Waals surface area contributed by atoms with Crippen molar-refractivity contribution in [3.63, 3.8) is 0 Å². The first-order chi connectivity index (χ1) is 17.4. The molecule has 37 heavy (non-hydrogen) atoms. The molecule has 2 fully saturated rings. The van der Waals surface area contributed by atoms with Crippen LogP contribution in [-0.2, 0) is 21.9 Å². The standard InChI is InChI=1S/C16H20F3N3O2.C6H6F3N3O/c17-16(18,19)12-3-4-14(20-11-12)21-5-7-22(8-6-21)15(23)10-13-2-1-9-24-13;1-10-3-2-11-12-5(13)4(3)6(7,8)9/h3-4,11,13H,1-2,5-10H2;2H,1H3,(H2,10,12,13)/t13-;/m0./s1. The Morgan fingerprint density at radius 3 is 2.30 bits per heavy atom. The van der Waals surface area contributed by atoms with Gasteiger partial charge in [0.15, 0.2) is 0 Å². The number of pyridine rings is 1. The van der Waals surface area contributed by atoms with E-state index >= 15 is 0 Å². The van der Waals surface area contributed by atoms with Gasteiger partial charge in [-0.3, -0.25) is 9.59 Å². The Kier molecular flexibility index (Phi) is 8.99. The second-order valence-corrected chi connectivity index (χ2v) is 8.35. The summed E-state index contributed by atoms with van der Waals surface area (Å²) in [5.41, 5.74) is -3.60. The van der Waals surface area contributed by atoms with Crippen LogP contribution >= 0.6 is 0 Å². The molecule has 2 aliphatic heterocycles. The maximum atomic E-state index is 12.6. The number of nitrogens with zero attached hydrogens (tertiary/aromatic N) is 4. The second kappa shape index (κ2) is 11.8. The van der Waals surface area contributed by atoms with Crippen LogP contribution in [-0.4, -0.2) is 71.9 Å². The van der Waals surface area contributed by atoms with E-state index in [1.165, 1.54) is 13.1 Å². The predicted octanol–water partition coefficient (Wildman–Crippen LogP) is 3.15. The predicted molar refractivity (Wildman–Crippen MR) is 121 cm³/mol. The number of halogens is 6. The molecule has 0 aromatic carbocycles. The van der Waals surface area contributed by atoms with Gasteiger partial charge in [-0.2, -0.15) is 31.4 Å². The number of carbonyl (C=O) groups is 1. The van der Waals surface area contributed by atoms with Gasteiger partial charge in [0.25, 0.3) is 5.56 Å². The number of piperazine rings is 1. The third-order valence-corrected chi connectivity index (χ3v) is 5.87. The molecule has 0 unspecified atom stereocenters. The third-order valence-electron chi connectivity index (χ3n) is 5.87. The van der Waals surface area contributed by atoms with Crippen LogP contribution in [0.1, 0.15) is 30.4 Å². The topological polar surface area (TPSA) is 103 Å². The van der Waals surface area contributed by atoms with Crippen LogP contribution < -0.4 is 15.8 Å². The van der Waals surface area contributed by atoms with E-state index in [4.69, 9.17) is 4.74 Å². The monoisotopic (exact) mass is 536 g/mol. The molecule has 4 heterocycles. The Balaban J connectivity index is 0.000000248.